The summed E-state index contributed by atoms with van der Waals surface area (Å²) in [6.07, 6.45) is 4.30. The van der Waals surface area contributed by atoms with Crippen LogP contribution in [0.3, 0.4) is 0 Å². The summed E-state index contributed by atoms with van der Waals surface area (Å²) in [5.74, 6) is 0.868. The van der Waals surface area contributed by atoms with Crippen LogP contribution >= 0.6 is 0 Å². The van der Waals surface area contributed by atoms with Crippen LogP contribution in [0, 0.1) is 0 Å². The number of amides is 2. The second-order valence-electron chi connectivity index (χ2n) is 7.54. The van der Waals surface area contributed by atoms with Crippen LogP contribution < -0.4 is 10.1 Å². The van der Waals surface area contributed by atoms with E-state index in [2.05, 4.69) is 20.8 Å². The molecule has 1 N–H and O–H groups in total. The third-order valence-corrected chi connectivity index (χ3v) is 5.61. The van der Waals surface area contributed by atoms with Gasteiger partial charge in [0.1, 0.15) is 17.7 Å². The van der Waals surface area contributed by atoms with E-state index in [1.54, 1.807) is 4.90 Å². The van der Waals surface area contributed by atoms with Gasteiger partial charge < -0.3 is 15.0 Å². The molecule has 2 amide bonds. The van der Waals surface area contributed by atoms with Gasteiger partial charge in [-0.1, -0.05) is 18.2 Å². The molecule has 1 spiro atoms. The number of carbonyl (C=O) groups is 2. The zero-order valence-corrected chi connectivity index (χ0v) is 15.9. The Morgan fingerprint density at radius 2 is 2.21 bits per heavy atom. The number of hydrogen-bond donors (Lipinski definition) is 1. The van der Waals surface area contributed by atoms with Gasteiger partial charge in [0.2, 0.25) is 11.8 Å². The van der Waals surface area contributed by atoms with Gasteiger partial charge in [-0.15, -0.1) is 5.10 Å². The minimum Gasteiger partial charge on any atom is -0.487 e. The Morgan fingerprint density at radius 3 is 3.04 bits per heavy atom. The molecule has 3 heterocycles. The monoisotopic (exact) mass is 384 g/mol. The number of para-hydroxylation sites is 1. The van der Waals surface area contributed by atoms with Crippen LogP contribution in [0.1, 0.15) is 43.7 Å². The topological polar surface area (TPSA) is 102 Å². The van der Waals surface area contributed by atoms with Crippen molar-refractivity contribution in [3.63, 3.8) is 0 Å². The van der Waals surface area contributed by atoms with E-state index in [0.717, 1.165) is 17.7 Å². The van der Waals surface area contributed by atoms with E-state index in [0.29, 0.717) is 38.8 Å². The molecule has 2 atom stereocenters. The molecule has 1 aromatic heterocycles. The smallest absolute Gasteiger partial charge is 0.222 e. The molecule has 148 valence electrons. The lowest BCUT2D eigenvalue weighted by atomic mass is 9.82. The number of fused-ring (bicyclic) bond motifs is 1. The van der Waals surface area contributed by atoms with Crippen molar-refractivity contribution in [2.45, 2.75) is 50.3 Å². The molecule has 1 fully saturated rings. The first kappa shape index (κ1) is 18.4. The van der Waals surface area contributed by atoms with Gasteiger partial charge in [0, 0.05) is 44.8 Å². The number of ether oxygens (including phenoxy) is 1. The molecule has 2 aliphatic heterocycles. The Morgan fingerprint density at radius 1 is 1.36 bits per heavy atom. The quantitative estimate of drug-likeness (QED) is 0.846. The third-order valence-electron chi connectivity index (χ3n) is 5.61. The average molecular weight is 384 g/mol. The lowest BCUT2D eigenvalue weighted by molar-refractivity contribution is -0.129. The Kier molecular flexibility index (Phi) is 4.97. The molecular formula is C19H24N6O3. The van der Waals surface area contributed by atoms with Gasteiger partial charge >= 0.3 is 0 Å². The van der Waals surface area contributed by atoms with E-state index in [-0.39, 0.29) is 17.9 Å². The minimum atomic E-state index is -0.442. The number of hydrogen-bond acceptors (Lipinski definition) is 6. The van der Waals surface area contributed by atoms with Gasteiger partial charge in [-0.25, -0.2) is 4.68 Å². The van der Waals surface area contributed by atoms with Crippen LogP contribution in [0.15, 0.2) is 30.6 Å². The highest BCUT2D eigenvalue weighted by atomic mass is 16.5. The molecule has 2 aliphatic rings. The summed E-state index contributed by atoms with van der Waals surface area (Å²) in [6, 6.07) is 7.66. The van der Waals surface area contributed by atoms with Crippen molar-refractivity contribution in [1.82, 2.24) is 30.4 Å². The van der Waals surface area contributed by atoms with E-state index in [1.165, 1.54) is 11.0 Å². The molecule has 0 saturated carbocycles. The first-order chi connectivity index (χ1) is 13.5. The van der Waals surface area contributed by atoms with Crippen LogP contribution in [0.5, 0.6) is 5.75 Å². The highest BCUT2D eigenvalue weighted by Gasteiger charge is 2.43. The molecule has 0 radical (unpaired) electrons. The molecule has 1 saturated heterocycles. The zero-order chi connectivity index (χ0) is 19.6. The number of rotatable bonds is 4. The van der Waals surface area contributed by atoms with Crippen molar-refractivity contribution >= 4 is 11.8 Å². The number of tetrazole rings is 1. The maximum Gasteiger partial charge on any atom is 0.222 e. The average Bonchev–Trinajstić information content (AvgIpc) is 3.18. The van der Waals surface area contributed by atoms with E-state index >= 15 is 0 Å². The Hall–Kier alpha value is -2.97. The first-order valence-electron chi connectivity index (χ1n) is 9.57. The zero-order valence-electron chi connectivity index (χ0n) is 15.9. The number of nitrogens with zero attached hydrogens (tertiary/aromatic N) is 5. The molecule has 4 rings (SSSR count). The molecule has 2 aromatic rings. The second-order valence-corrected chi connectivity index (χ2v) is 7.54. The van der Waals surface area contributed by atoms with Crippen LogP contribution in [-0.2, 0) is 16.1 Å². The number of nitrogens with one attached hydrogen (secondary N) is 1. The van der Waals surface area contributed by atoms with Crippen molar-refractivity contribution in [1.29, 1.82) is 0 Å². The highest BCUT2D eigenvalue weighted by Crippen LogP contribution is 2.44. The SMILES string of the molecule is CN1CC[C@]2(CCC1=O)C[C@@H](NC(=O)CCn1cnnn1)c1ccccc1O2. The van der Waals surface area contributed by atoms with Gasteiger partial charge in [0.25, 0.3) is 0 Å². The first-order valence-corrected chi connectivity index (χ1v) is 9.57. The number of aromatic nitrogens is 4. The van der Waals surface area contributed by atoms with E-state index in [4.69, 9.17) is 4.74 Å². The number of benzene rings is 1. The fourth-order valence-corrected chi connectivity index (χ4v) is 3.97. The molecule has 0 aliphatic carbocycles. The highest BCUT2D eigenvalue weighted by molar-refractivity contribution is 5.77. The summed E-state index contributed by atoms with van der Waals surface area (Å²) in [5, 5.41) is 14.1. The van der Waals surface area contributed by atoms with E-state index in [1.807, 2.05) is 31.3 Å². The normalized spacial score (nSPS) is 24.4. The predicted molar refractivity (Wildman–Crippen MR) is 99.2 cm³/mol. The summed E-state index contributed by atoms with van der Waals surface area (Å²) in [4.78, 5) is 26.5. The fraction of sp³-hybridized carbons (Fsp3) is 0.526. The Balaban J connectivity index is 1.50. The molecule has 9 heteroatoms. The molecular weight excluding hydrogens is 360 g/mol. The van der Waals surface area contributed by atoms with Crippen molar-refractivity contribution in [2.24, 2.45) is 0 Å². The van der Waals surface area contributed by atoms with Gasteiger partial charge in [-0.2, -0.15) is 0 Å². The largest absolute Gasteiger partial charge is 0.487 e. The number of aryl methyl sites for hydroxylation is 1. The lowest BCUT2D eigenvalue weighted by Gasteiger charge is -2.42. The molecule has 0 bridgehead atoms. The summed E-state index contributed by atoms with van der Waals surface area (Å²) in [7, 11) is 1.83. The summed E-state index contributed by atoms with van der Waals surface area (Å²) in [5.41, 5.74) is 0.538. The Labute approximate surface area is 163 Å². The molecule has 9 nitrogen and oxygen atoms in total. The predicted octanol–water partition coefficient (Wildman–Crippen LogP) is 1.08. The standard InChI is InChI=1S/C19H24N6O3/c1-24-11-9-19(8-6-18(24)27)12-15(14-4-2-3-5-16(14)28-19)21-17(26)7-10-25-13-20-22-23-25/h2-5,13,15H,6-12H2,1H3,(H,21,26)/t15-,19-/m1/s1. The Bertz CT molecular complexity index is 855. The van der Waals surface area contributed by atoms with Crippen molar-refractivity contribution < 1.29 is 14.3 Å². The van der Waals surface area contributed by atoms with Gasteiger partial charge in [0.15, 0.2) is 0 Å². The summed E-state index contributed by atoms with van der Waals surface area (Å²) < 4.78 is 7.94. The van der Waals surface area contributed by atoms with Crippen LogP contribution in [0.25, 0.3) is 0 Å². The van der Waals surface area contributed by atoms with Crippen LogP contribution in [-0.4, -0.2) is 56.1 Å². The van der Waals surface area contributed by atoms with Crippen molar-refractivity contribution in [3.05, 3.63) is 36.2 Å². The molecule has 0 unspecified atom stereocenters. The van der Waals surface area contributed by atoms with Crippen molar-refractivity contribution in [2.75, 3.05) is 13.6 Å². The lowest BCUT2D eigenvalue weighted by Crippen LogP contribution is -2.46. The maximum absolute atomic E-state index is 12.6. The van der Waals surface area contributed by atoms with Crippen LogP contribution in [0.4, 0.5) is 0 Å². The van der Waals surface area contributed by atoms with Crippen LogP contribution in [0.2, 0.25) is 0 Å². The van der Waals surface area contributed by atoms with Gasteiger partial charge in [-0.05, 0) is 22.9 Å². The summed E-state index contributed by atoms with van der Waals surface area (Å²) in [6.45, 7) is 1.08. The second kappa shape index (κ2) is 7.57. The summed E-state index contributed by atoms with van der Waals surface area (Å²) >= 11 is 0. The van der Waals surface area contributed by atoms with Crippen molar-refractivity contribution in [3.8, 4) is 5.75 Å². The van der Waals surface area contributed by atoms with E-state index < -0.39 is 5.60 Å². The van der Waals surface area contributed by atoms with E-state index in [9.17, 15) is 9.59 Å². The number of likely N-dealkylation sites (tertiary alicyclic amines) is 1. The number of carbonyl (C=O) groups excluding carboxylic acids is 2. The molecule has 28 heavy (non-hydrogen) atoms. The van der Waals surface area contributed by atoms with Gasteiger partial charge in [0.05, 0.1) is 12.6 Å². The van der Waals surface area contributed by atoms with Gasteiger partial charge in [-0.3, -0.25) is 9.59 Å². The third kappa shape index (κ3) is 3.83. The minimum absolute atomic E-state index is 0.0610. The fourth-order valence-electron chi connectivity index (χ4n) is 3.97. The molecule has 1 aromatic carbocycles. The maximum atomic E-state index is 12.6.